The van der Waals surface area contributed by atoms with Gasteiger partial charge in [-0.05, 0) is 236 Å². The van der Waals surface area contributed by atoms with Gasteiger partial charge < -0.3 is 48.6 Å². The maximum absolute atomic E-state index is 13.2. The maximum atomic E-state index is 13.2. The van der Waals surface area contributed by atoms with E-state index in [1.807, 2.05) is 135 Å². The first-order chi connectivity index (χ1) is 64.4. The van der Waals surface area contributed by atoms with Crippen LogP contribution < -0.4 is 48.6 Å². The number of rotatable bonds is 15. The smallest absolute Gasteiger partial charge is 0.416 e. The number of pyridine rings is 12. The van der Waals surface area contributed by atoms with Gasteiger partial charge >= 0.3 is 6.18 Å². The number of alkyl halides is 3. The summed E-state index contributed by atoms with van der Waals surface area (Å²) < 4.78 is 66.6. The van der Waals surface area contributed by atoms with Crippen molar-refractivity contribution in [2.24, 2.45) is 0 Å². The first kappa shape index (κ1) is 95.8. The summed E-state index contributed by atoms with van der Waals surface area (Å²) in [7, 11) is 4.82. The molecule has 12 aromatic heterocycles. The molecule has 0 saturated carbocycles. The Labute approximate surface area is 779 Å². The largest absolute Gasteiger partial charge is 0.497 e. The van der Waals surface area contributed by atoms with E-state index in [9.17, 15) is 46.3 Å². The molecule has 0 aliphatic rings. The van der Waals surface area contributed by atoms with Gasteiger partial charge in [-0.2, -0.15) is 13.2 Å². The number of hydrogen-bond acceptors (Lipinski definition) is 27. The standard InChI is InChI=1S/C17H14ClN3O2.C17H14ClN3O.C17H12F3N3O.C17H14FN3O.2C17H15N3O2/c1-9(22)13-8-20-17(19)16-11(13)5-6-15(21-16)12-4-3-10(23-2)7-14(12)18;1-9-7-11(18)3-4-12(9)15-6-5-13-14(10(2)22)8-20-17(19)16(13)21-15;1-9(24)13-8-22-16(21)15-12(13)6-7-14(23-15)10-2-4-11(5-3-10)17(18,19)20;1-9-7-11(18)3-4-12(9)15-6-5-13-14(10(2)22)8-20-17(19)16(13)21-15;1-10(21)14-9-19-17(18)16-13(14)7-8-15(20-16)11-3-5-12(22-2)6-4-11;1-10(21)14-9-19-17(18)16-13(14)6-7-15(20-16)11-4-3-5-12(8-11)22-2/h3-8H,1-2H3,(H2,19,20);3-8H,1-2H3,(H2,19,20);2-8H,1H3,(H2,21,22);3-8H,1-2H3,(H2,19,20);2*3-9H,1-2H3,(H2,18,19). The number of fused-ring (bicyclic) bond motifs is 6. The quantitative estimate of drug-likeness (QED) is 0.0410. The van der Waals surface area contributed by atoms with E-state index in [2.05, 4.69) is 59.8 Å². The SMILES string of the molecule is CC(=O)c1cnc(N)c2nc(-c3ccc(C(F)(F)F)cc3)ccc12.CC(=O)c1cnc(N)c2nc(-c3ccc(Cl)cc3C)ccc12.CC(=O)c1cnc(N)c2nc(-c3ccc(F)cc3C)ccc12.COc1ccc(-c2ccc3c(C(C)=O)cnc(N)c3n2)c(Cl)c1.COc1ccc(-c2ccc3c(C(C)=O)cnc(N)c3n2)cc1.COc1cccc(-c2ccc3c(C(C)=O)cnc(N)c3n2)c1. The minimum atomic E-state index is -4.39. The fourth-order valence-corrected chi connectivity index (χ4v) is 15.0. The highest BCUT2D eigenvalue weighted by molar-refractivity contribution is 6.33. The van der Waals surface area contributed by atoms with Crippen molar-refractivity contribution in [2.45, 2.75) is 61.6 Å². The van der Waals surface area contributed by atoms with Gasteiger partial charge in [0, 0.05) is 141 Å². The van der Waals surface area contributed by atoms with Crippen molar-refractivity contribution in [2.75, 3.05) is 55.7 Å². The summed E-state index contributed by atoms with van der Waals surface area (Å²) in [6, 6.07) is 57.1. The number of halogens is 6. The van der Waals surface area contributed by atoms with E-state index >= 15 is 0 Å². The van der Waals surface area contributed by atoms with E-state index in [0.717, 1.165) is 90.4 Å². The highest BCUT2D eigenvalue weighted by Gasteiger charge is 2.30. The van der Waals surface area contributed by atoms with Crippen LogP contribution in [0.15, 0.2) is 237 Å². The molecule has 0 amide bonds. The highest BCUT2D eigenvalue weighted by atomic mass is 35.5. The molecule has 18 aromatic rings. The van der Waals surface area contributed by atoms with Crippen LogP contribution in [0.5, 0.6) is 17.2 Å². The number of aromatic nitrogens is 12. The number of ketones is 6. The van der Waals surface area contributed by atoms with E-state index in [0.29, 0.717) is 144 Å². The molecule has 0 radical (unpaired) electrons. The normalized spacial score (nSPS) is 10.9. The molecular weight excluding hydrogens is 1770 g/mol. The highest BCUT2D eigenvalue weighted by Crippen LogP contribution is 2.38. The molecule has 678 valence electrons. The summed E-state index contributed by atoms with van der Waals surface area (Å²) in [6.45, 7) is 12.7. The van der Waals surface area contributed by atoms with Crippen molar-refractivity contribution < 1.29 is 60.5 Å². The molecule has 12 N–H and O–H groups in total. The number of carbonyl (C=O) groups is 6. The fourth-order valence-electron chi connectivity index (χ4n) is 14.5. The molecule has 0 aliphatic carbocycles. The number of carbonyl (C=O) groups excluding carboxylic acids is 6. The zero-order chi connectivity index (χ0) is 97.1. The molecule has 33 heteroatoms. The number of Topliss-reactive ketones (excluding diaryl/α,β-unsaturated/α-hetero) is 6. The lowest BCUT2D eigenvalue weighted by atomic mass is 10.0. The third-order valence-corrected chi connectivity index (χ3v) is 22.0. The Kier molecular flexibility index (Phi) is 29.2. The van der Waals surface area contributed by atoms with Crippen molar-refractivity contribution >= 4 is 158 Å². The number of ether oxygens (including phenoxy) is 3. The summed E-state index contributed by atoms with van der Waals surface area (Å²) in [5.74, 6) is 3.02. The second-order valence-electron chi connectivity index (χ2n) is 30.5. The average Bonchev–Trinajstić information content (AvgIpc) is 0.799. The van der Waals surface area contributed by atoms with Crippen LogP contribution in [0.4, 0.5) is 52.5 Å². The molecule has 0 aliphatic heterocycles. The van der Waals surface area contributed by atoms with Gasteiger partial charge in [0.1, 0.15) is 91.1 Å². The van der Waals surface area contributed by atoms with Crippen molar-refractivity contribution in [3.63, 3.8) is 0 Å². The number of nitrogens with zero attached hydrogens (tertiary/aromatic N) is 12. The number of anilines is 6. The topological polar surface area (TPSA) is 441 Å². The van der Waals surface area contributed by atoms with Gasteiger partial charge in [-0.3, -0.25) is 28.8 Å². The Morgan fingerprint density at radius 3 is 0.896 bits per heavy atom. The van der Waals surface area contributed by atoms with Gasteiger partial charge in [-0.15, -0.1) is 0 Å². The minimum Gasteiger partial charge on any atom is -0.497 e. The monoisotopic (exact) mass is 1850 g/mol. The molecule has 12 heterocycles. The summed E-state index contributed by atoms with van der Waals surface area (Å²) in [5.41, 5.74) is 51.3. The molecule has 0 unspecified atom stereocenters. The summed E-state index contributed by atoms with van der Waals surface area (Å²) in [5, 5.41) is 5.26. The average molecular weight is 1850 g/mol. The third-order valence-electron chi connectivity index (χ3n) is 21.5. The fraction of sp³-hybridized carbons (Fsp3) is 0.118. The molecule has 27 nitrogen and oxygen atoms in total. The summed E-state index contributed by atoms with van der Waals surface area (Å²) in [4.78, 5) is 121. The summed E-state index contributed by atoms with van der Waals surface area (Å²) in [6.07, 6.45) is 4.42. The second kappa shape index (κ2) is 41.1. The zero-order valence-corrected chi connectivity index (χ0v) is 75.8. The minimum absolute atomic E-state index is 0.0588. The van der Waals surface area contributed by atoms with E-state index in [4.69, 9.17) is 71.8 Å². The molecule has 0 saturated heterocycles. The van der Waals surface area contributed by atoms with Gasteiger partial charge in [0.15, 0.2) is 34.7 Å². The Hall–Kier alpha value is -16.8. The van der Waals surface area contributed by atoms with Gasteiger partial charge in [-0.1, -0.05) is 53.5 Å². The Morgan fingerprint density at radius 2 is 0.585 bits per heavy atom. The van der Waals surface area contributed by atoms with Crippen LogP contribution in [0.1, 0.15) is 120 Å². The second-order valence-corrected chi connectivity index (χ2v) is 31.4. The van der Waals surface area contributed by atoms with Crippen molar-refractivity contribution in [1.29, 1.82) is 0 Å². The van der Waals surface area contributed by atoms with Crippen LogP contribution >= 0.6 is 23.2 Å². The number of nitrogens with two attached hydrogens (primary N) is 6. The lowest BCUT2D eigenvalue weighted by molar-refractivity contribution is -0.137. The lowest BCUT2D eigenvalue weighted by Gasteiger charge is -2.09. The summed E-state index contributed by atoms with van der Waals surface area (Å²) >= 11 is 12.3. The number of benzene rings is 6. The van der Waals surface area contributed by atoms with Crippen LogP contribution in [0.3, 0.4) is 0 Å². The van der Waals surface area contributed by atoms with Crippen LogP contribution in [-0.4, -0.2) is 116 Å². The Morgan fingerprint density at radius 1 is 0.304 bits per heavy atom. The number of methoxy groups -OCH3 is 3. The molecule has 135 heavy (non-hydrogen) atoms. The molecular formula is C102H84Cl2F4N18O9. The first-order valence-electron chi connectivity index (χ1n) is 41.1. The predicted molar refractivity (Wildman–Crippen MR) is 520 cm³/mol. The van der Waals surface area contributed by atoms with E-state index in [-0.39, 0.29) is 58.0 Å². The predicted octanol–water partition coefficient (Wildman–Crippen LogP) is 21.6. The van der Waals surface area contributed by atoms with E-state index in [1.54, 1.807) is 63.8 Å². The lowest BCUT2D eigenvalue weighted by Crippen LogP contribution is -2.04. The van der Waals surface area contributed by atoms with Crippen molar-refractivity contribution in [1.82, 2.24) is 59.8 Å². The van der Waals surface area contributed by atoms with Gasteiger partial charge in [0.25, 0.3) is 0 Å². The van der Waals surface area contributed by atoms with Gasteiger partial charge in [-0.25, -0.2) is 64.2 Å². The number of nitrogen functional groups attached to an aromatic ring is 6. The zero-order valence-electron chi connectivity index (χ0n) is 74.3. The van der Waals surface area contributed by atoms with E-state index < -0.39 is 11.7 Å². The molecule has 6 aromatic carbocycles. The Bertz CT molecular complexity index is 7600. The number of aryl methyl sites for hydroxylation is 2. The molecule has 0 bridgehead atoms. The molecule has 0 spiro atoms. The maximum Gasteiger partial charge on any atom is 0.416 e. The van der Waals surface area contributed by atoms with E-state index in [1.165, 1.54) is 103 Å². The van der Waals surface area contributed by atoms with Crippen LogP contribution in [-0.2, 0) is 6.18 Å². The molecule has 18 rings (SSSR count). The molecule has 0 fully saturated rings. The van der Waals surface area contributed by atoms with Gasteiger partial charge in [0.05, 0.1) is 66.1 Å². The van der Waals surface area contributed by atoms with Crippen LogP contribution in [0.2, 0.25) is 10.0 Å². The third kappa shape index (κ3) is 21.6. The molecule has 0 atom stereocenters. The Balaban J connectivity index is 0.000000137. The first-order valence-corrected chi connectivity index (χ1v) is 41.9. The van der Waals surface area contributed by atoms with Crippen molar-refractivity contribution in [3.8, 4) is 84.8 Å². The van der Waals surface area contributed by atoms with Gasteiger partial charge in [0.2, 0.25) is 0 Å². The van der Waals surface area contributed by atoms with Crippen LogP contribution in [0.25, 0.3) is 133 Å². The number of hydrogen-bond donors (Lipinski definition) is 6. The van der Waals surface area contributed by atoms with Crippen LogP contribution in [0, 0.1) is 19.7 Å². The van der Waals surface area contributed by atoms with Crippen molar-refractivity contribution in [3.05, 3.63) is 303 Å².